The molecule has 1 aliphatic carbocycles. The highest BCUT2D eigenvalue weighted by atomic mass is 16.6. The lowest BCUT2D eigenvalue weighted by Crippen LogP contribution is -2.50. The summed E-state index contributed by atoms with van der Waals surface area (Å²) >= 11 is 0. The van der Waals surface area contributed by atoms with Gasteiger partial charge in [0.1, 0.15) is 18.7 Å². The molecule has 7 atom stereocenters. The second-order valence-corrected chi connectivity index (χ2v) is 12.7. The van der Waals surface area contributed by atoms with Crippen molar-refractivity contribution in [3.8, 4) is 0 Å². The van der Waals surface area contributed by atoms with Crippen molar-refractivity contribution in [2.45, 2.75) is 70.0 Å². The monoisotopic (exact) mass is 679 g/mol. The minimum absolute atomic E-state index is 0.217. The molecule has 2 aliphatic rings. The van der Waals surface area contributed by atoms with E-state index < -0.39 is 60.7 Å². The Balaban J connectivity index is 1.36. The van der Waals surface area contributed by atoms with Crippen LogP contribution in [0, 0.1) is 0 Å². The molecule has 0 radical (unpaired) electrons. The zero-order chi connectivity index (χ0) is 34.8. The summed E-state index contributed by atoms with van der Waals surface area (Å²) in [6.07, 6.45) is -2.73. The Morgan fingerprint density at radius 1 is 0.900 bits per heavy atom. The van der Waals surface area contributed by atoms with Gasteiger partial charge in [-0.1, -0.05) is 42.5 Å². The third kappa shape index (κ3) is 5.14. The van der Waals surface area contributed by atoms with E-state index in [9.17, 15) is 24.6 Å². The van der Waals surface area contributed by atoms with Gasteiger partial charge in [0.25, 0.3) is 0 Å². The van der Waals surface area contributed by atoms with E-state index >= 15 is 0 Å². The molecule has 2 aromatic heterocycles. The van der Waals surface area contributed by atoms with Crippen molar-refractivity contribution in [1.82, 2.24) is 19.5 Å². The number of hydrogen-bond donors (Lipinski definition) is 3. The topological polar surface area (TPSA) is 184 Å². The Morgan fingerprint density at radius 2 is 1.60 bits per heavy atom. The molecule has 0 saturated carbocycles. The first-order valence-electron chi connectivity index (χ1n) is 16.2. The molecule has 3 N–H and O–H groups in total. The Labute approximate surface area is 284 Å². The molecule has 14 heteroatoms. The van der Waals surface area contributed by atoms with E-state index in [1.54, 1.807) is 4.57 Å². The molecule has 0 spiro atoms. The molecular weight excluding hydrogens is 646 g/mol. The molecule has 256 valence electrons. The number of fused-ring (bicyclic) bond motifs is 3. The van der Waals surface area contributed by atoms with E-state index in [4.69, 9.17) is 18.9 Å². The van der Waals surface area contributed by atoms with Crippen LogP contribution in [-0.4, -0.2) is 78.7 Å². The van der Waals surface area contributed by atoms with Crippen LogP contribution in [0.2, 0.25) is 0 Å². The first-order valence-corrected chi connectivity index (χ1v) is 16.2. The van der Waals surface area contributed by atoms with E-state index in [0.717, 1.165) is 32.3 Å². The predicted octanol–water partition coefficient (Wildman–Crippen LogP) is 4.00. The molecule has 8 rings (SSSR count). The molecule has 14 nitrogen and oxygen atoms in total. The third-order valence-corrected chi connectivity index (χ3v) is 9.53. The van der Waals surface area contributed by atoms with Crippen molar-refractivity contribution in [1.29, 1.82) is 0 Å². The number of aromatic nitrogens is 4. The standard InChI is InChI=1S/C36H33N5O9/c1-16(43)47-32-23-11-21-8-7-19-5-4-6-20-9-10-22(28(21)27(19)20)29(23)30(33(48-17(2)44)34(32)49-18(3)45)40-35-31-36(38-14-37-35)41(15-39-31)26-12-24(46)25(13-42)50-26/h4-11,14-15,24-26,30,32-34,42,46H,12-13H2,1-3H3,(H,37,38,40)/t24-,25+,26+,30+,32-,33-,34+/m0/s1. The Morgan fingerprint density at radius 3 is 2.30 bits per heavy atom. The van der Waals surface area contributed by atoms with Crippen LogP contribution in [0.4, 0.5) is 5.82 Å². The molecule has 6 aromatic rings. The minimum Gasteiger partial charge on any atom is -0.456 e. The average molecular weight is 680 g/mol. The van der Waals surface area contributed by atoms with Crippen LogP contribution in [-0.2, 0) is 33.3 Å². The molecule has 1 fully saturated rings. The molecule has 4 aromatic carbocycles. The van der Waals surface area contributed by atoms with E-state index in [0.29, 0.717) is 22.3 Å². The first-order chi connectivity index (χ1) is 24.1. The number of carbonyl (C=O) groups excluding carboxylic acids is 3. The lowest BCUT2D eigenvalue weighted by atomic mass is 9.77. The molecular formula is C36H33N5O9. The van der Waals surface area contributed by atoms with E-state index in [1.807, 2.05) is 48.5 Å². The molecule has 0 unspecified atom stereocenters. The van der Waals surface area contributed by atoms with Crippen molar-refractivity contribution in [2.75, 3.05) is 11.9 Å². The number of benzene rings is 4. The normalized spacial score (nSPS) is 24.9. The fourth-order valence-electron chi connectivity index (χ4n) is 7.62. The Bertz CT molecular complexity index is 2290. The number of rotatable bonds is 7. The first kappa shape index (κ1) is 31.8. The summed E-state index contributed by atoms with van der Waals surface area (Å²) in [5, 5.41) is 29.2. The second-order valence-electron chi connectivity index (χ2n) is 12.7. The maximum Gasteiger partial charge on any atom is 0.303 e. The largest absolute Gasteiger partial charge is 0.456 e. The highest BCUT2D eigenvalue weighted by molar-refractivity contribution is 6.24. The van der Waals surface area contributed by atoms with Crippen LogP contribution in [0.25, 0.3) is 43.5 Å². The van der Waals surface area contributed by atoms with Gasteiger partial charge in [0.15, 0.2) is 35.3 Å². The highest BCUT2D eigenvalue weighted by Crippen LogP contribution is 2.49. The molecule has 0 bridgehead atoms. The zero-order valence-corrected chi connectivity index (χ0v) is 27.3. The van der Waals surface area contributed by atoms with Crippen molar-refractivity contribution in [3.05, 3.63) is 72.3 Å². The fourth-order valence-corrected chi connectivity index (χ4v) is 7.62. The van der Waals surface area contributed by atoms with Crippen molar-refractivity contribution in [2.24, 2.45) is 0 Å². The maximum absolute atomic E-state index is 12.8. The number of nitrogens with one attached hydrogen (secondary N) is 1. The minimum atomic E-state index is -1.24. The summed E-state index contributed by atoms with van der Waals surface area (Å²) in [6, 6.07) is 15.1. The summed E-state index contributed by atoms with van der Waals surface area (Å²) in [7, 11) is 0. The Kier molecular flexibility index (Phi) is 7.73. The van der Waals surface area contributed by atoms with Gasteiger partial charge < -0.3 is 34.5 Å². The number of aliphatic hydroxyl groups is 2. The summed E-state index contributed by atoms with van der Waals surface area (Å²) in [5.74, 6) is -1.64. The number of hydrogen-bond acceptors (Lipinski definition) is 13. The maximum atomic E-state index is 12.8. The van der Waals surface area contributed by atoms with E-state index in [-0.39, 0.29) is 18.8 Å². The number of nitrogens with zero attached hydrogens (tertiary/aromatic N) is 4. The van der Waals surface area contributed by atoms with Gasteiger partial charge in [-0.15, -0.1) is 0 Å². The van der Waals surface area contributed by atoms with E-state index in [1.165, 1.54) is 33.4 Å². The zero-order valence-electron chi connectivity index (χ0n) is 27.3. The smallest absolute Gasteiger partial charge is 0.303 e. The number of ether oxygens (including phenoxy) is 4. The van der Waals surface area contributed by atoms with Gasteiger partial charge in [-0.05, 0) is 43.9 Å². The van der Waals surface area contributed by atoms with Crippen molar-refractivity contribution in [3.63, 3.8) is 0 Å². The molecule has 50 heavy (non-hydrogen) atoms. The van der Waals surface area contributed by atoms with Gasteiger partial charge in [0.05, 0.1) is 25.1 Å². The van der Waals surface area contributed by atoms with E-state index in [2.05, 4.69) is 20.3 Å². The van der Waals surface area contributed by atoms with Crippen LogP contribution < -0.4 is 5.32 Å². The molecule has 1 aliphatic heterocycles. The number of carbonyl (C=O) groups is 3. The second kappa shape index (κ2) is 12.2. The average Bonchev–Trinajstić information content (AvgIpc) is 3.69. The van der Waals surface area contributed by atoms with Crippen molar-refractivity contribution < 1.29 is 43.5 Å². The number of esters is 3. The molecule has 0 amide bonds. The van der Waals surface area contributed by atoms with Gasteiger partial charge in [-0.25, -0.2) is 15.0 Å². The summed E-state index contributed by atoms with van der Waals surface area (Å²) in [4.78, 5) is 51.5. The Hall–Kier alpha value is -5.44. The third-order valence-electron chi connectivity index (χ3n) is 9.53. The van der Waals surface area contributed by atoms with Crippen LogP contribution in [0.5, 0.6) is 0 Å². The highest BCUT2D eigenvalue weighted by Gasteiger charge is 2.50. The summed E-state index contributed by atoms with van der Waals surface area (Å²) in [6.45, 7) is 3.41. The summed E-state index contributed by atoms with van der Waals surface area (Å²) in [5.41, 5.74) is 1.97. The van der Waals surface area contributed by atoms with Crippen LogP contribution in [0.3, 0.4) is 0 Å². The molecule has 1 saturated heterocycles. The molecule has 3 heterocycles. The predicted molar refractivity (Wildman–Crippen MR) is 179 cm³/mol. The fraction of sp³-hybridized carbons (Fsp3) is 0.333. The van der Waals surface area contributed by atoms with Crippen LogP contribution >= 0.6 is 0 Å². The van der Waals surface area contributed by atoms with Gasteiger partial charge >= 0.3 is 17.9 Å². The van der Waals surface area contributed by atoms with Crippen molar-refractivity contribution >= 4 is 67.2 Å². The number of aliphatic hydroxyl groups excluding tert-OH is 2. The number of anilines is 1. The van der Waals surface area contributed by atoms with Gasteiger partial charge in [-0.3, -0.25) is 19.0 Å². The lowest BCUT2D eigenvalue weighted by molar-refractivity contribution is -0.187. The van der Waals surface area contributed by atoms with Gasteiger partial charge in [-0.2, -0.15) is 0 Å². The van der Waals surface area contributed by atoms with Gasteiger partial charge in [0, 0.05) is 32.8 Å². The van der Waals surface area contributed by atoms with Gasteiger partial charge in [0.2, 0.25) is 0 Å². The summed E-state index contributed by atoms with van der Waals surface area (Å²) < 4.78 is 25.2. The quantitative estimate of drug-likeness (QED) is 0.125. The number of imidazole rings is 1. The lowest BCUT2D eigenvalue weighted by Gasteiger charge is -2.43. The SMILES string of the molecule is CC(=O)O[C@@H]1[C@H](OC(C)=O)[C@@H](OC(C)=O)c2cc3ccc4cccc5ccc(c2[C@H]1Nc1ncnc2c1ncn2[C@H]1C[C@H](O)[C@@H](CO)O1)c3c45. The van der Waals surface area contributed by atoms with Crippen LogP contribution in [0.1, 0.15) is 56.7 Å². The van der Waals surface area contributed by atoms with Crippen LogP contribution in [0.15, 0.2) is 61.2 Å².